The number of aliphatic hydroxyl groups excluding tert-OH is 1. The highest BCUT2D eigenvalue weighted by molar-refractivity contribution is 6.01. The van der Waals surface area contributed by atoms with Gasteiger partial charge in [0, 0.05) is 25.0 Å². The van der Waals surface area contributed by atoms with Gasteiger partial charge in [0.15, 0.2) is 11.6 Å². The van der Waals surface area contributed by atoms with Gasteiger partial charge < -0.3 is 19.3 Å². The molecule has 0 aliphatic carbocycles. The number of ether oxygens (including phenoxy) is 3. The zero-order valence-electron chi connectivity index (χ0n) is 21.5. The normalized spacial score (nSPS) is 18.6. The number of nitrogens with zero attached hydrogens (tertiary/aromatic N) is 1. The number of amides is 1. The number of hydroxylamine groups is 1. The third-order valence-corrected chi connectivity index (χ3v) is 6.16. The van der Waals surface area contributed by atoms with Gasteiger partial charge in [-0.2, -0.15) is 0 Å². The van der Waals surface area contributed by atoms with Gasteiger partial charge >= 0.3 is 0 Å². The van der Waals surface area contributed by atoms with Crippen LogP contribution in [-0.2, 0) is 14.4 Å². The molecule has 0 aromatic heterocycles. The molecule has 2 N–H and O–H groups in total. The molecule has 0 radical (unpaired) electrons. The molecule has 0 saturated carbocycles. The van der Waals surface area contributed by atoms with E-state index in [1.807, 2.05) is 91.0 Å². The molecule has 4 rings (SSSR count). The fourth-order valence-corrected chi connectivity index (χ4v) is 4.24. The van der Waals surface area contributed by atoms with Crippen LogP contribution in [-0.4, -0.2) is 49.9 Å². The maximum absolute atomic E-state index is 13.6. The zero-order valence-corrected chi connectivity index (χ0v) is 21.5. The molecule has 3 aromatic rings. The lowest BCUT2D eigenvalue weighted by atomic mass is 9.84. The van der Waals surface area contributed by atoms with Gasteiger partial charge in [-0.25, -0.2) is 10.5 Å². The molecular weight excluding hydrogens is 484 g/mol. The van der Waals surface area contributed by atoms with E-state index < -0.39 is 17.6 Å². The van der Waals surface area contributed by atoms with Gasteiger partial charge in [0.2, 0.25) is 5.90 Å². The third-order valence-electron chi connectivity index (χ3n) is 6.16. The highest BCUT2D eigenvalue weighted by atomic mass is 16.6. The van der Waals surface area contributed by atoms with Crippen molar-refractivity contribution < 1.29 is 28.9 Å². The summed E-state index contributed by atoms with van der Waals surface area (Å²) in [6, 6.07) is 24.5. The summed E-state index contributed by atoms with van der Waals surface area (Å²) in [6.45, 7) is 0.484. The van der Waals surface area contributed by atoms with E-state index in [-0.39, 0.29) is 13.0 Å². The summed E-state index contributed by atoms with van der Waals surface area (Å²) in [5.74, 6) is 1.22. The lowest BCUT2D eigenvalue weighted by Gasteiger charge is -2.29. The molecule has 1 aliphatic heterocycles. The Morgan fingerprint density at radius 2 is 1.84 bits per heavy atom. The van der Waals surface area contributed by atoms with Crippen molar-refractivity contribution in [2.24, 2.45) is 4.99 Å². The van der Waals surface area contributed by atoms with E-state index in [1.165, 1.54) is 7.11 Å². The van der Waals surface area contributed by atoms with Crippen LogP contribution < -0.4 is 15.0 Å². The number of benzene rings is 3. The Morgan fingerprint density at radius 3 is 2.55 bits per heavy atom. The summed E-state index contributed by atoms with van der Waals surface area (Å²) in [6.07, 6.45) is 3.93. The molecule has 8 heteroatoms. The van der Waals surface area contributed by atoms with Crippen LogP contribution in [0.5, 0.6) is 11.5 Å². The van der Waals surface area contributed by atoms with Crippen LogP contribution in [0.2, 0.25) is 0 Å². The van der Waals surface area contributed by atoms with Crippen LogP contribution in [0, 0.1) is 0 Å². The van der Waals surface area contributed by atoms with Crippen LogP contribution in [0.15, 0.2) is 89.9 Å². The molecule has 0 saturated heterocycles. The molecule has 8 nitrogen and oxygen atoms in total. The number of nitrogens with one attached hydrogen (secondary N) is 1. The molecule has 1 aliphatic rings. The fourth-order valence-electron chi connectivity index (χ4n) is 4.24. The maximum Gasteiger partial charge on any atom is 0.276 e. The van der Waals surface area contributed by atoms with Crippen LogP contribution in [0.25, 0.3) is 6.08 Å². The predicted octanol–water partition coefficient (Wildman–Crippen LogP) is 4.49. The Hall–Kier alpha value is -4.14. The van der Waals surface area contributed by atoms with Crippen LogP contribution in [0.4, 0.5) is 0 Å². The number of aliphatic imine (C=N–C) groups is 1. The van der Waals surface area contributed by atoms with Crippen molar-refractivity contribution in [3.63, 3.8) is 0 Å². The summed E-state index contributed by atoms with van der Waals surface area (Å²) in [4.78, 5) is 23.5. The fraction of sp³-hybridized carbons (Fsp3) is 0.267. The molecule has 2 atom stereocenters. The predicted molar refractivity (Wildman–Crippen MR) is 145 cm³/mol. The second kappa shape index (κ2) is 12.9. The maximum atomic E-state index is 13.6. The summed E-state index contributed by atoms with van der Waals surface area (Å²) in [7, 11) is 2.98. The zero-order chi connectivity index (χ0) is 26.8. The third kappa shape index (κ3) is 6.22. The van der Waals surface area contributed by atoms with Crippen molar-refractivity contribution in [3.05, 3.63) is 102 Å². The topological polar surface area (TPSA) is 98.6 Å². The lowest BCUT2D eigenvalue weighted by Crippen LogP contribution is -2.47. The smallest absolute Gasteiger partial charge is 0.276 e. The van der Waals surface area contributed by atoms with Crippen molar-refractivity contribution >= 4 is 17.9 Å². The van der Waals surface area contributed by atoms with Crippen molar-refractivity contribution in [1.29, 1.82) is 0 Å². The number of carbonyl (C=O) groups is 1. The van der Waals surface area contributed by atoms with Gasteiger partial charge in [-0.1, -0.05) is 54.6 Å². The minimum Gasteiger partial charge on any atom is -0.497 e. The molecule has 198 valence electrons. The first-order valence-electron chi connectivity index (χ1n) is 12.4. The molecule has 1 amide bonds. The minimum atomic E-state index is -1.35. The van der Waals surface area contributed by atoms with Gasteiger partial charge in [0.25, 0.3) is 5.91 Å². The number of aliphatic hydroxyl groups is 1. The summed E-state index contributed by atoms with van der Waals surface area (Å²) < 4.78 is 17.5. The summed E-state index contributed by atoms with van der Waals surface area (Å²) >= 11 is 0. The first kappa shape index (κ1) is 26.9. The quantitative estimate of drug-likeness (QED) is 0.272. The second-order valence-electron chi connectivity index (χ2n) is 8.72. The van der Waals surface area contributed by atoms with Gasteiger partial charge in [-0.15, -0.1) is 0 Å². The first-order chi connectivity index (χ1) is 18.6. The average molecular weight is 517 g/mol. The number of hydrogen-bond acceptors (Lipinski definition) is 7. The molecule has 3 aromatic carbocycles. The number of carbonyl (C=O) groups excluding carboxylic acids is 1. The molecular formula is C30H32N2O6. The number of hydrogen-bond donors (Lipinski definition) is 2. The van der Waals surface area contributed by atoms with E-state index in [9.17, 15) is 4.79 Å². The largest absolute Gasteiger partial charge is 0.497 e. The second-order valence-corrected chi connectivity index (χ2v) is 8.72. The molecule has 0 bridgehead atoms. The van der Waals surface area contributed by atoms with E-state index in [0.29, 0.717) is 36.0 Å². The van der Waals surface area contributed by atoms with Crippen molar-refractivity contribution in [3.8, 4) is 11.5 Å². The van der Waals surface area contributed by atoms with Gasteiger partial charge in [0.1, 0.15) is 11.5 Å². The molecule has 38 heavy (non-hydrogen) atoms. The average Bonchev–Trinajstić information content (AvgIpc) is 3.35. The molecule has 1 heterocycles. The van der Waals surface area contributed by atoms with Crippen molar-refractivity contribution in [2.75, 3.05) is 27.4 Å². The van der Waals surface area contributed by atoms with Gasteiger partial charge in [0.05, 0.1) is 20.8 Å². The highest BCUT2D eigenvalue weighted by Gasteiger charge is 2.53. The van der Waals surface area contributed by atoms with Crippen molar-refractivity contribution in [2.45, 2.75) is 24.5 Å². The Labute approximate surface area is 222 Å². The van der Waals surface area contributed by atoms with Crippen LogP contribution >= 0.6 is 0 Å². The monoisotopic (exact) mass is 516 g/mol. The molecule has 0 unspecified atom stereocenters. The Morgan fingerprint density at radius 1 is 1.05 bits per heavy atom. The Bertz CT molecular complexity index is 1260. The highest BCUT2D eigenvalue weighted by Crippen LogP contribution is 2.43. The van der Waals surface area contributed by atoms with Crippen molar-refractivity contribution in [1.82, 2.24) is 5.48 Å². The van der Waals surface area contributed by atoms with Crippen LogP contribution in [0.1, 0.15) is 35.6 Å². The number of rotatable bonds is 12. The van der Waals surface area contributed by atoms with E-state index in [2.05, 4.69) is 5.48 Å². The number of methoxy groups -OCH3 is 1. The van der Waals surface area contributed by atoms with Gasteiger partial charge in [-0.05, 0) is 47.5 Å². The Kier molecular flexibility index (Phi) is 9.13. The SMILES string of the molecule is CONC(=O)[C@@]1(C/C=C/c2ccccc2)N=C(c2ccc(OCCCO)cc2)O[C@H]1c1cccc(OC)c1. The minimum absolute atomic E-state index is 0.0682. The van der Waals surface area contributed by atoms with Gasteiger partial charge in [-0.3, -0.25) is 9.63 Å². The molecule has 0 fully saturated rings. The summed E-state index contributed by atoms with van der Waals surface area (Å²) in [5.41, 5.74) is 3.59. The lowest BCUT2D eigenvalue weighted by molar-refractivity contribution is -0.139. The van der Waals surface area contributed by atoms with E-state index in [1.54, 1.807) is 7.11 Å². The standard InChI is InChI=1S/C30H32N2O6/c1-35-26-13-6-12-24(21-26)27-30(29(34)32-36-2,18-7-11-22-9-4-3-5-10-22)31-28(38-27)23-14-16-25(17-15-23)37-20-8-19-33/h3-7,9-17,21,27,33H,8,18-20H2,1-2H3,(H,32,34)/b11-7+/t27-,30-/m0/s1. The summed E-state index contributed by atoms with van der Waals surface area (Å²) in [5, 5.41) is 8.98. The van der Waals surface area contributed by atoms with E-state index in [0.717, 1.165) is 11.1 Å². The first-order valence-corrected chi connectivity index (χ1v) is 12.4. The Balaban J connectivity index is 1.73. The van der Waals surface area contributed by atoms with E-state index in [4.69, 9.17) is 29.1 Å². The van der Waals surface area contributed by atoms with Crippen LogP contribution in [0.3, 0.4) is 0 Å². The molecule has 0 spiro atoms. The van der Waals surface area contributed by atoms with E-state index >= 15 is 0 Å².